The zero-order valence-electron chi connectivity index (χ0n) is 12.9. The van der Waals surface area contributed by atoms with Gasteiger partial charge in [-0.1, -0.05) is 24.3 Å². The van der Waals surface area contributed by atoms with Crippen LogP contribution >= 0.6 is 0 Å². The first kappa shape index (κ1) is 15.9. The van der Waals surface area contributed by atoms with Crippen LogP contribution in [0.15, 0.2) is 53.5 Å². The van der Waals surface area contributed by atoms with Gasteiger partial charge < -0.3 is 20.5 Å². The lowest BCUT2D eigenvalue weighted by atomic mass is 10.1. The molecule has 0 saturated carbocycles. The first-order valence-electron chi connectivity index (χ1n) is 6.99. The summed E-state index contributed by atoms with van der Waals surface area (Å²) in [7, 11) is 3.31. The molecule has 2 aromatic carbocycles. The van der Waals surface area contributed by atoms with Crippen LogP contribution in [0.2, 0.25) is 0 Å². The summed E-state index contributed by atoms with van der Waals surface area (Å²) in [4.78, 5) is 4.37. The second kappa shape index (κ2) is 8.05. The van der Waals surface area contributed by atoms with E-state index < -0.39 is 0 Å². The number of anilines is 1. The third kappa shape index (κ3) is 4.49. The van der Waals surface area contributed by atoms with Gasteiger partial charge >= 0.3 is 0 Å². The maximum Gasteiger partial charge on any atom is 0.193 e. The van der Waals surface area contributed by atoms with Crippen LogP contribution in [0.5, 0.6) is 5.75 Å². The van der Waals surface area contributed by atoms with Crippen LogP contribution in [0, 0.1) is 0 Å². The van der Waals surface area contributed by atoms with Gasteiger partial charge in [-0.15, -0.1) is 0 Å². The van der Waals surface area contributed by atoms with Crippen molar-refractivity contribution in [3.05, 3.63) is 59.7 Å². The Balaban J connectivity index is 2.00. The van der Waals surface area contributed by atoms with Crippen molar-refractivity contribution in [1.82, 2.24) is 0 Å². The molecule has 0 aliphatic rings. The molecule has 0 fully saturated rings. The molecule has 0 atom stereocenters. The zero-order chi connectivity index (χ0) is 15.8. The number of nitrogens with one attached hydrogen (secondary N) is 1. The Morgan fingerprint density at radius 1 is 1.05 bits per heavy atom. The summed E-state index contributed by atoms with van der Waals surface area (Å²) >= 11 is 0. The molecule has 0 aromatic heterocycles. The average Bonchev–Trinajstić information content (AvgIpc) is 2.55. The second-order valence-corrected chi connectivity index (χ2v) is 4.76. The lowest BCUT2D eigenvalue weighted by molar-refractivity contribution is 0.184. The molecule has 116 valence electrons. The summed E-state index contributed by atoms with van der Waals surface area (Å²) in [5, 5.41) is 3.06. The minimum Gasteiger partial charge on any atom is -0.497 e. The summed E-state index contributed by atoms with van der Waals surface area (Å²) in [5.41, 5.74) is 9.01. The van der Waals surface area contributed by atoms with Crippen molar-refractivity contribution in [2.24, 2.45) is 10.7 Å². The van der Waals surface area contributed by atoms with E-state index in [4.69, 9.17) is 15.2 Å². The highest BCUT2D eigenvalue weighted by Crippen LogP contribution is 2.15. The van der Waals surface area contributed by atoms with E-state index in [1.54, 1.807) is 14.2 Å². The first-order chi connectivity index (χ1) is 10.7. The number of methoxy groups -OCH3 is 2. The molecule has 0 aliphatic heterocycles. The van der Waals surface area contributed by atoms with E-state index in [-0.39, 0.29) is 0 Å². The van der Waals surface area contributed by atoms with Crippen LogP contribution in [-0.4, -0.2) is 20.2 Å². The van der Waals surface area contributed by atoms with Gasteiger partial charge in [-0.2, -0.15) is 0 Å². The van der Waals surface area contributed by atoms with Gasteiger partial charge in [0.05, 0.1) is 20.3 Å². The van der Waals surface area contributed by atoms with Gasteiger partial charge in [-0.25, -0.2) is 4.99 Å². The molecule has 2 aromatic rings. The summed E-state index contributed by atoms with van der Waals surface area (Å²) in [6.45, 7) is 1.08. The molecule has 0 unspecified atom stereocenters. The van der Waals surface area contributed by atoms with Gasteiger partial charge in [0.1, 0.15) is 5.75 Å². The SMILES string of the molecule is COCc1ccccc1CN=C(N)Nc1ccc(OC)cc1. The highest BCUT2D eigenvalue weighted by molar-refractivity contribution is 5.92. The number of benzene rings is 2. The topological polar surface area (TPSA) is 68.9 Å². The van der Waals surface area contributed by atoms with E-state index >= 15 is 0 Å². The Morgan fingerprint density at radius 3 is 2.36 bits per heavy atom. The molecule has 2 rings (SSSR count). The summed E-state index contributed by atoms with van der Waals surface area (Å²) in [5.74, 6) is 1.17. The Hall–Kier alpha value is -2.53. The number of nitrogens with zero attached hydrogens (tertiary/aromatic N) is 1. The van der Waals surface area contributed by atoms with Gasteiger partial charge in [-0.3, -0.25) is 0 Å². The van der Waals surface area contributed by atoms with Crippen LogP contribution in [0.25, 0.3) is 0 Å². The Morgan fingerprint density at radius 2 is 1.73 bits per heavy atom. The molecule has 5 nitrogen and oxygen atoms in total. The first-order valence-corrected chi connectivity index (χ1v) is 6.99. The molecular weight excluding hydrogens is 278 g/mol. The lowest BCUT2D eigenvalue weighted by Gasteiger charge is -2.09. The Labute approximate surface area is 130 Å². The van der Waals surface area contributed by atoms with Crippen LogP contribution in [0.3, 0.4) is 0 Å². The normalized spacial score (nSPS) is 11.3. The number of hydrogen-bond donors (Lipinski definition) is 2. The van der Waals surface area contributed by atoms with E-state index in [0.29, 0.717) is 19.1 Å². The molecule has 0 aliphatic carbocycles. The number of aliphatic imine (C=N–C) groups is 1. The standard InChI is InChI=1S/C17H21N3O2/c1-21-12-14-6-4-3-5-13(14)11-19-17(18)20-15-7-9-16(22-2)10-8-15/h3-10H,11-12H2,1-2H3,(H3,18,19,20). The summed E-state index contributed by atoms with van der Waals surface area (Å²) < 4.78 is 10.3. The molecule has 3 N–H and O–H groups in total. The van der Waals surface area contributed by atoms with Gasteiger partial charge in [-0.05, 0) is 35.4 Å². The van der Waals surface area contributed by atoms with Crippen molar-refractivity contribution < 1.29 is 9.47 Å². The monoisotopic (exact) mass is 299 g/mol. The fraction of sp³-hybridized carbons (Fsp3) is 0.235. The van der Waals surface area contributed by atoms with Crippen molar-refractivity contribution in [3.63, 3.8) is 0 Å². The molecule has 0 spiro atoms. The van der Waals surface area contributed by atoms with E-state index in [1.165, 1.54) is 0 Å². The number of guanidine groups is 1. The third-order valence-corrected chi connectivity index (χ3v) is 3.20. The lowest BCUT2D eigenvalue weighted by Crippen LogP contribution is -2.22. The summed E-state index contributed by atoms with van der Waals surface area (Å²) in [6, 6.07) is 15.5. The van der Waals surface area contributed by atoms with Crippen LogP contribution in [0.1, 0.15) is 11.1 Å². The fourth-order valence-electron chi connectivity index (χ4n) is 2.04. The van der Waals surface area contributed by atoms with Gasteiger partial charge in [0.15, 0.2) is 5.96 Å². The van der Waals surface area contributed by atoms with Crippen molar-refractivity contribution in [2.75, 3.05) is 19.5 Å². The van der Waals surface area contributed by atoms with Crippen molar-refractivity contribution in [1.29, 1.82) is 0 Å². The van der Waals surface area contributed by atoms with Crippen molar-refractivity contribution in [3.8, 4) is 5.75 Å². The molecule has 0 saturated heterocycles. The van der Waals surface area contributed by atoms with E-state index in [9.17, 15) is 0 Å². The molecule has 0 bridgehead atoms. The average molecular weight is 299 g/mol. The largest absolute Gasteiger partial charge is 0.497 e. The maximum absolute atomic E-state index is 5.92. The van der Waals surface area contributed by atoms with Crippen molar-refractivity contribution in [2.45, 2.75) is 13.2 Å². The van der Waals surface area contributed by atoms with Crippen molar-refractivity contribution >= 4 is 11.6 Å². The molecule has 22 heavy (non-hydrogen) atoms. The molecule has 0 radical (unpaired) electrons. The molecule has 5 heteroatoms. The number of ether oxygens (including phenoxy) is 2. The third-order valence-electron chi connectivity index (χ3n) is 3.20. The van der Waals surface area contributed by atoms with Gasteiger partial charge in [0, 0.05) is 12.8 Å². The highest BCUT2D eigenvalue weighted by atomic mass is 16.5. The fourth-order valence-corrected chi connectivity index (χ4v) is 2.04. The van der Waals surface area contributed by atoms with Crippen LogP contribution in [-0.2, 0) is 17.9 Å². The number of hydrogen-bond acceptors (Lipinski definition) is 3. The van der Waals surface area contributed by atoms with E-state index in [1.807, 2.05) is 48.5 Å². The number of rotatable bonds is 6. The van der Waals surface area contributed by atoms with E-state index in [0.717, 1.165) is 22.6 Å². The molecule has 0 heterocycles. The quantitative estimate of drug-likeness (QED) is 0.635. The van der Waals surface area contributed by atoms with Gasteiger partial charge in [0.25, 0.3) is 0 Å². The van der Waals surface area contributed by atoms with Crippen LogP contribution in [0.4, 0.5) is 5.69 Å². The van der Waals surface area contributed by atoms with Crippen LogP contribution < -0.4 is 15.8 Å². The minimum absolute atomic E-state index is 0.373. The zero-order valence-corrected chi connectivity index (χ0v) is 12.9. The molecular formula is C17H21N3O2. The maximum atomic E-state index is 5.92. The van der Waals surface area contributed by atoms with Gasteiger partial charge in [0.2, 0.25) is 0 Å². The predicted molar refractivity (Wildman–Crippen MR) is 89.1 cm³/mol. The smallest absolute Gasteiger partial charge is 0.193 e. The minimum atomic E-state index is 0.373. The summed E-state index contributed by atoms with van der Waals surface area (Å²) in [6.07, 6.45) is 0. The predicted octanol–water partition coefficient (Wildman–Crippen LogP) is 2.77. The van der Waals surface area contributed by atoms with E-state index in [2.05, 4.69) is 10.3 Å². The number of nitrogens with two attached hydrogens (primary N) is 1. The Kier molecular flexibility index (Phi) is 5.80. The Bertz CT molecular complexity index is 624. The second-order valence-electron chi connectivity index (χ2n) is 4.76. The molecule has 0 amide bonds. The highest BCUT2D eigenvalue weighted by Gasteiger charge is 2.01.